The van der Waals surface area contributed by atoms with Crippen molar-refractivity contribution in [2.24, 2.45) is 14.1 Å². The van der Waals surface area contributed by atoms with E-state index in [4.69, 9.17) is 0 Å². The molecule has 104 valence electrons. The van der Waals surface area contributed by atoms with Crippen molar-refractivity contribution in [3.8, 4) is 0 Å². The highest BCUT2D eigenvalue weighted by molar-refractivity contribution is 5.81. The minimum absolute atomic E-state index is 0.117. The normalized spacial score (nSPS) is 12.8. The fourth-order valence-corrected chi connectivity index (χ4v) is 2.50. The molecule has 0 bridgehead atoms. The van der Waals surface area contributed by atoms with Gasteiger partial charge in [-0.15, -0.1) is 0 Å². The molecule has 3 aromatic heterocycles. The van der Waals surface area contributed by atoms with Crippen LogP contribution in [0.5, 0.6) is 0 Å². The Kier molecular flexibility index (Phi) is 2.93. The average Bonchev–Trinajstić information content (AvgIpc) is 2.95. The Bertz CT molecular complexity index is 754. The Morgan fingerprint density at radius 1 is 1.25 bits per heavy atom. The Labute approximate surface area is 117 Å². The van der Waals surface area contributed by atoms with Crippen LogP contribution in [0.4, 0.5) is 5.69 Å². The van der Waals surface area contributed by atoms with Crippen LogP contribution in [0.25, 0.3) is 11.0 Å². The topological polar surface area (TPSA) is 60.6 Å². The molecule has 20 heavy (non-hydrogen) atoms. The smallest absolute Gasteiger partial charge is 0.157 e. The fraction of sp³-hybridized carbons (Fsp3) is 0.357. The minimum atomic E-state index is 0.117. The lowest BCUT2D eigenvalue weighted by molar-refractivity contribution is 0.721. The average molecular weight is 270 g/mol. The van der Waals surface area contributed by atoms with Crippen molar-refractivity contribution >= 4 is 16.7 Å². The number of fused-ring (bicyclic) bond motifs is 1. The van der Waals surface area contributed by atoms with Gasteiger partial charge in [-0.2, -0.15) is 5.10 Å². The summed E-state index contributed by atoms with van der Waals surface area (Å²) in [5.74, 6) is 0.994. The van der Waals surface area contributed by atoms with Gasteiger partial charge in [0.05, 0.1) is 23.6 Å². The Hall–Kier alpha value is -2.37. The van der Waals surface area contributed by atoms with Gasteiger partial charge in [0.2, 0.25) is 0 Å². The number of nitrogens with zero attached hydrogens (tertiary/aromatic N) is 5. The lowest BCUT2D eigenvalue weighted by Crippen LogP contribution is -2.12. The number of pyridine rings is 1. The van der Waals surface area contributed by atoms with E-state index in [0.29, 0.717) is 0 Å². The van der Waals surface area contributed by atoms with Gasteiger partial charge in [-0.1, -0.05) is 0 Å². The first-order chi connectivity index (χ1) is 9.56. The number of imidazole rings is 1. The van der Waals surface area contributed by atoms with Crippen molar-refractivity contribution in [2.45, 2.75) is 19.9 Å². The van der Waals surface area contributed by atoms with E-state index >= 15 is 0 Å². The van der Waals surface area contributed by atoms with E-state index in [1.54, 1.807) is 10.9 Å². The molecule has 1 atom stereocenters. The zero-order chi connectivity index (χ0) is 14.3. The minimum Gasteiger partial charge on any atom is -0.374 e. The van der Waals surface area contributed by atoms with Crippen molar-refractivity contribution in [3.05, 3.63) is 36.2 Å². The zero-order valence-corrected chi connectivity index (χ0v) is 12.1. The van der Waals surface area contributed by atoms with Crippen molar-refractivity contribution in [1.82, 2.24) is 24.3 Å². The van der Waals surface area contributed by atoms with Gasteiger partial charge in [0, 0.05) is 31.9 Å². The van der Waals surface area contributed by atoms with Crippen molar-refractivity contribution < 1.29 is 0 Å². The highest BCUT2D eigenvalue weighted by atomic mass is 15.3. The summed E-state index contributed by atoms with van der Waals surface area (Å²) < 4.78 is 3.82. The van der Waals surface area contributed by atoms with Gasteiger partial charge in [0.15, 0.2) is 5.65 Å². The van der Waals surface area contributed by atoms with E-state index in [1.165, 1.54) is 0 Å². The summed E-state index contributed by atoms with van der Waals surface area (Å²) in [6.07, 6.45) is 5.59. The summed E-state index contributed by atoms with van der Waals surface area (Å²) in [4.78, 5) is 8.83. The van der Waals surface area contributed by atoms with Crippen molar-refractivity contribution in [1.29, 1.82) is 0 Å². The lowest BCUT2D eigenvalue weighted by atomic mass is 10.2. The lowest BCUT2D eigenvalue weighted by Gasteiger charge is -2.14. The van der Waals surface area contributed by atoms with Crippen LogP contribution in [0, 0.1) is 6.92 Å². The van der Waals surface area contributed by atoms with E-state index in [-0.39, 0.29) is 6.04 Å². The molecule has 0 aromatic carbocycles. The number of rotatable bonds is 3. The molecule has 1 unspecified atom stereocenters. The molecule has 0 saturated heterocycles. The third kappa shape index (κ3) is 2.03. The fourth-order valence-electron chi connectivity index (χ4n) is 2.50. The van der Waals surface area contributed by atoms with Crippen LogP contribution < -0.4 is 5.32 Å². The number of nitrogens with one attached hydrogen (secondary N) is 1. The molecule has 3 heterocycles. The summed E-state index contributed by atoms with van der Waals surface area (Å²) in [6.45, 7) is 4.08. The van der Waals surface area contributed by atoms with Crippen LogP contribution >= 0.6 is 0 Å². The first kappa shape index (κ1) is 12.7. The molecule has 1 N–H and O–H groups in total. The molecule has 3 rings (SSSR count). The van der Waals surface area contributed by atoms with E-state index in [2.05, 4.69) is 33.4 Å². The first-order valence-electron chi connectivity index (χ1n) is 6.59. The summed E-state index contributed by atoms with van der Waals surface area (Å²) in [5, 5.41) is 8.89. The van der Waals surface area contributed by atoms with Crippen molar-refractivity contribution in [2.75, 3.05) is 5.32 Å². The quantitative estimate of drug-likeness (QED) is 0.792. The van der Waals surface area contributed by atoms with E-state index in [1.807, 2.05) is 38.0 Å². The second-order valence-electron chi connectivity index (χ2n) is 5.07. The first-order valence-corrected chi connectivity index (χ1v) is 6.59. The molecule has 6 heteroatoms. The van der Waals surface area contributed by atoms with E-state index < -0.39 is 0 Å². The van der Waals surface area contributed by atoms with Gasteiger partial charge in [-0.05, 0) is 19.9 Å². The van der Waals surface area contributed by atoms with Gasteiger partial charge in [-0.3, -0.25) is 4.68 Å². The van der Waals surface area contributed by atoms with Gasteiger partial charge in [0.25, 0.3) is 0 Å². The van der Waals surface area contributed by atoms with Crippen molar-refractivity contribution in [3.63, 3.8) is 0 Å². The predicted molar refractivity (Wildman–Crippen MR) is 78.5 cm³/mol. The van der Waals surface area contributed by atoms with Crippen LogP contribution in [0.1, 0.15) is 24.5 Å². The number of anilines is 1. The standard InChI is InChI=1S/C14H18N6/c1-9-12-7-11(8-16-14(12)20(4)18-9)17-10(2)13-15-5-6-19(13)3/h5-8,10,17H,1-4H3. The molecule has 6 nitrogen and oxygen atoms in total. The Morgan fingerprint density at radius 3 is 2.75 bits per heavy atom. The highest BCUT2D eigenvalue weighted by Gasteiger charge is 2.12. The maximum absolute atomic E-state index is 4.47. The van der Waals surface area contributed by atoms with Gasteiger partial charge in [-0.25, -0.2) is 9.97 Å². The van der Waals surface area contributed by atoms with Gasteiger partial charge < -0.3 is 9.88 Å². The third-order valence-corrected chi connectivity index (χ3v) is 3.49. The number of aromatic nitrogens is 5. The second-order valence-corrected chi connectivity index (χ2v) is 5.07. The zero-order valence-electron chi connectivity index (χ0n) is 12.1. The molecule has 3 aromatic rings. The third-order valence-electron chi connectivity index (χ3n) is 3.49. The van der Waals surface area contributed by atoms with E-state index in [0.717, 1.165) is 28.2 Å². The largest absolute Gasteiger partial charge is 0.374 e. The van der Waals surface area contributed by atoms with Gasteiger partial charge in [0.1, 0.15) is 5.82 Å². The highest BCUT2D eigenvalue weighted by Crippen LogP contribution is 2.22. The van der Waals surface area contributed by atoms with Crippen LogP contribution in [-0.4, -0.2) is 24.3 Å². The van der Waals surface area contributed by atoms with Crippen LogP contribution in [0.3, 0.4) is 0 Å². The number of hydrogen-bond donors (Lipinski definition) is 1. The number of aryl methyl sites for hydroxylation is 3. The van der Waals surface area contributed by atoms with Crippen LogP contribution in [0.2, 0.25) is 0 Å². The molecule has 0 radical (unpaired) electrons. The Balaban J connectivity index is 1.91. The monoisotopic (exact) mass is 270 g/mol. The van der Waals surface area contributed by atoms with E-state index in [9.17, 15) is 0 Å². The molecule has 0 saturated carbocycles. The SMILES string of the molecule is Cc1nn(C)c2ncc(NC(C)c3nccn3C)cc12. The molecule has 0 fully saturated rings. The maximum Gasteiger partial charge on any atom is 0.157 e. The maximum atomic E-state index is 4.47. The summed E-state index contributed by atoms with van der Waals surface area (Å²) >= 11 is 0. The van der Waals surface area contributed by atoms with Crippen LogP contribution in [0.15, 0.2) is 24.7 Å². The predicted octanol–water partition coefficient (Wildman–Crippen LogP) is 2.18. The second kappa shape index (κ2) is 4.63. The van der Waals surface area contributed by atoms with Gasteiger partial charge >= 0.3 is 0 Å². The molecule has 0 aliphatic rings. The molecule has 0 spiro atoms. The summed E-state index contributed by atoms with van der Waals surface area (Å²) in [7, 11) is 3.90. The molecular formula is C14H18N6. The Morgan fingerprint density at radius 2 is 2.05 bits per heavy atom. The molecule has 0 amide bonds. The molecular weight excluding hydrogens is 252 g/mol. The molecule has 0 aliphatic carbocycles. The summed E-state index contributed by atoms with van der Waals surface area (Å²) in [6, 6.07) is 2.20. The molecule has 0 aliphatic heterocycles. The number of hydrogen-bond acceptors (Lipinski definition) is 4. The summed E-state index contributed by atoms with van der Waals surface area (Å²) in [5.41, 5.74) is 2.87. The van der Waals surface area contributed by atoms with Crippen LogP contribution in [-0.2, 0) is 14.1 Å².